The van der Waals surface area contributed by atoms with Crippen molar-refractivity contribution in [3.63, 3.8) is 0 Å². The van der Waals surface area contributed by atoms with Crippen LogP contribution in [0.2, 0.25) is 0 Å². The third kappa shape index (κ3) is 5.11. The van der Waals surface area contributed by atoms with E-state index in [1.165, 1.54) is 22.9 Å². The first-order chi connectivity index (χ1) is 14.6. The van der Waals surface area contributed by atoms with Gasteiger partial charge in [-0.2, -0.15) is 0 Å². The van der Waals surface area contributed by atoms with E-state index in [0.29, 0.717) is 17.0 Å². The highest BCUT2D eigenvalue weighted by Crippen LogP contribution is 2.29. The van der Waals surface area contributed by atoms with Crippen molar-refractivity contribution < 1.29 is 9.21 Å². The van der Waals surface area contributed by atoms with Gasteiger partial charge in [0.15, 0.2) is 0 Å². The molecule has 1 saturated heterocycles. The molecule has 0 N–H and O–H groups in total. The first kappa shape index (κ1) is 20.7. The minimum atomic E-state index is -0.248. The van der Waals surface area contributed by atoms with Crippen LogP contribution in [0.3, 0.4) is 0 Å². The van der Waals surface area contributed by atoms with Gasteiger partial charge in [0.1, 0.15) is 0 Å². The van der Waals surface area contributed by atoms with Gasteiger partial charge in [0.25, 0.3) is 5.22 Å². The number of amides is 1. The van der Waals surface area contributed by atoms with Gasteiger partial charge >= 0.3 is 0 Å². The van der Waals surface area contributed by atoms with E-state index in [-0.39, 0.29) is 11.2 Å². The van der Waals surface area contributed by atoms with E-state index < -0.39 is 0 Å². The first-order valence-electron chi connectivity index (χ1n) is 10.5. The van der Waals surface area contributed by atoms with E-state index in [9.17, 15) is 4.79 Å². The largest absolute Gasteiger partial charge is 0.411 e. The molecule has 1 aliphatic heterocycles. The molecule has 0 aliphatic carbocycles. The molecule has 1 atom stereocenters. The summed E-state index contributed by atoms with van der Waals surface area (Å²) >= 11 is 1.34. The van der Waals surface area contributed by atoms with E-state index in [1.54, 1.807) is 0 Å². The molecular formula is C24H27N3O2S. The van der Waals surface area contributed by atoms with Crippen molar-refractivity contribution in [2.75, 3.05) is 13.1 Å². The molecule has 1 fully saturated rings. The summed E-state index contributed by atoms with van der Waals surface area (Å²) in [4.78, 5) is 14.9. The Kier molecular flexibility index (Phi) is 6.53. The number of benzene rings is 2. The molecule has 5 nitrogen and oxygen atoms in total. The number of thioether (sulfide) groups is 1. The van der Waals surface area contributed by atoms with Crippen LogP contribution in [-0.4, -0.2) is 39.3 Å². The molecule has 3 aromatic rings. The highest BCUT2D eigenvalue weighted by Gasteiger charge is 2.27. The lowest BCUT2D eigenvalue weighted by molar-refractivity contribution is -0.131. The SMILES string of the molecule is Cc1ccc(-c2nnc(SC(C)C(=O)N3CCC(Cc4ccccc4)CC3)o2)cc1. The summed E-state index contributed by atoms with van der Waals surface area (Å²) in [7, 11) is 0. The summed E-state index contributed by atoms with van der Waals surface area (Å²) in [5, 5.41) is 8.43. The lowest BCUT2D eigenvalue weighted by atomic mass is 9.90. The number of aryl methyl sites for hydroxylation is 1. The van der Waals surface area contributed by atoms with Crippen LogP contribution in [0.4, 0.5) is 0 Å². The molecule has 156 valence electrons. The maximum Gasteiger partial charge on any atom is 0.277 e. The van der Waals surface area contributed by atoms with Crippen LogP contribution in [0.1, 0.15) is 30.9 Å². The van der Waals surface area contributed by atoms with Crippen LogP contribution in [0.25, 0.3) is 11.5 Å². The topological polar surface area (TPSA) is 59.2 Å². The van der Waals surface area contributed by atoms with E-state index in [4.69, 9.17) is 4.42 Å². The molecular weight excluding hydrogens is 394 g/mol. The smallest absolute Gasteiger partial charge is 0.277 e. The number of piperidine rings is 1. The van der Waals surface area contributed by atoms with Crippen LogP contribution >= 0.6 is 11.8 Å². The van der Waals surface area contributed by atoms with Crippen molar-refractivity contribution in [3.8, 4) is 11.5 Å². The van der Waals surface area contributed by atoms with Gasteiger partial charge in [-0.3, -0.25) is 4.79 Å². The second-order valence-corrected chi connectivity index (χ2v) is 9.25. The molecule has 1 aromatic heterocycles. The lowest BCUT2D eigenvalue weighted by Crippen LogP contribution is -2.42. The third-order valence-corrected chi connectivity index (χ3v) is 6.55. The lowest BCUT2D eigenvalue weighted by Gasteiger charge is -2.33. The molecule has 1 aliphatic rings. The third-order valence-electron chi connectivity index (χ3n) is 5.62. The quantitative estimate of drug-likeness (QED) is 0.524. The summed E-state index contributed by atoms with van der Waals surface area (Å²) in [6.07, 6.45) is 3.20. The number of rotatable bonds is 6. The number of carbonyl (C=O) groups is 1. The van der Waals surface area contributed by atoms with Crippen molar-refractivity contribution in [3.05, 3.63) is 65.7 Å². The van der Waals surface area contributed by atoms with Crippen LogP contribution in [0.15, 0.2) is 64.2 Å². The van der Waals surface area contributed by atoms with Gasteiger partial charge in [0, 0.05) is 18.7 Å². The predicted molar refractivity (Wildman–Crippen MR) is 119 cm³/mol. The van der Waals surface area contributed by atoms with Crippen LogP contribution in [0, 0.1) is 12.8 Å². The predicted octanol–water partition coefficient (Wildman–Crippen LogP) is 5.01. The van der Waals surface area contributed by atoms with Crippen LogP contribution < -0.4 is 0 Å². The number of likely N-dealkylation sites (tertiary alicyclic amines) is 1. The summed E-state index contributed by atoms with van der Waals surface area (Å²) < 4.78 is 5.77. The molecule has 2 aromatic carbocycles. The maximum absolute atomic E-state index is 12.9. The maximum atomic E-state index is 12.9. The normalized spacial score (nSPS) is 15.9. The van der Waals surface area contributed by atoms with Crippen molar-refractivity contribution in [2.24, 2.45) is 5.92 Å². The highest BCUT2D eigenvalue weighted by molar-refractivity contribution is 8.00. The first-order valence-corrected chi connectivity index (χ1v) is 11.4. The number of carbonyl (C=O) groups excluding carboxylic acids is 1. The fourth-order valence-corrected chi connectivity index (χ4v) is 4.60. The van der Waals surface area contributed by atoms with Gasteiger partial charge in [-0.1, -0.05) is 59.8 Å². The molecule has 30 heavy (non-hydrogen) atoms. The average Bonchev–Trinajstić information content (AvgIpc) is 3.23. The summed E-state index contributed by atoms with van der Waals surface area (Å²) in [5.74, 6) is 1.28. The van der Waals surface area contributed by atoms with Gasteiger partial charge in [0.05, 0.1) is 5.25 Å². The fraction of sp³-hybridized carbons (Fsp3) is 0.375. The number of hydrogen-bond donors (Lipinski definition) is 0. The zero-order valence-corrected chi connectivity index (χ0v) is 18.3. The second kappa shape index (κ2) is 9.47. The Morgan fingerprint density at radius 1 is 1.10 bits per heavy atom. The summed E-state index contributed by atoms with van der Waals surface area (Å²) in [6.45, 7) is 5.59. The van der Waals surface area contributed by atoms with Gasteiger partial charge in [0.2, 0.25) is 11.8 Å². The van der Waals surface area contributed by atoms with Gasteiger partial charge in [-0.05, 0) is 56.7 Å². The Labute approximate surface area is 181 Å². The van der Waals surface area contributed by atoms with Gasteiger partial charge in [-0.25, -0.2) is 0 Å². The Hall–Kier alpha value is -2.60. The minimum absolute atomic E-state index is 0.147. The van der Waals surface area contributed by atoms with E-state index in [1.807, 2.05) is 43.0 Å². The Balaban J connectivity index is 1.29. The molecule has 4 rings (SSSR count). The number of nitrogens with zero attached hydrogens (tertiary/aromatic N) is 3. The standard InChI is InChI=1S/C24H27N3O2S/c1-17-8-10-21(11-9-17)22-25-26-24(29-22)30-18(2)23(28)27-14-12-20(13-15-27)16-19-6-4-3-5-7-19/h3-11,18,20H,12-16H2,1-2H3. The summed E-state index contributed by atoms with van der Waals surface area (Å²) in [6, 6.07) is 18.6. The Bertz CT molecular complexity index is 964. The number of hydrogen-bond acceptors (Lipinski definition) is 5. The van der Waals surface area contributed by atoms with E-state index >= 15 is 0 Å². The van der Waals surface area contributed by atoms with Crippen molar-refractivity contribution in [2.45, 2.75) is 43.6 Å². The van der Waals surface area contributed by atoms with Crippen molar-refractivity contribution in [1.82, 2.24) is 15.1 Å². The van der Waals surface area contributed by atoms with Crippen molar-refractivity contribution >= 4 is 17.7 Å². The second-order valence-electron chi connectivity index (χ2n) is 7.96. The van der Waals surface area contributed by atoms with Crippen LogP contribution in [-0.2, 0) is 11.2 Å². The molecule has 6 heteroatoms. The monoisotopic (exact) mass is 421 g/mol. The molecule has 0 radical (unpaired) electrons. The zero-order valence-electron chi connectivity index (χ0n) is 17.5. The van der Waals surface area contributed by atoms with Gasteiger partial charge in [-0.15, -0.1) is 10.2 Å². The summed E-state index contributed by atoms with van der Waals surface area (Å²) in [5.41, 5.74) is 3.45. The zero-order chi connectivity index (χ0) is 20.9. The Morgan fingerprint density at radius 3 is 2.50 bits per heavy atom. The van der Waals surface area contributed by atoms with Gasteiger partial charge < -0.3 is 9.32 Å². The molecule has 1 unspecified atom stereocenters. The van der Waals surface area contributed by atoms with E-state index in [2.05, 4.69) is 40.5 Å². The highest BCUT2D eigenvalue weighted by atomic mass is 32.2. The van der Waals surface area contributed by atoms with E-state index in [0.717, 1.165) is 37.9 Å². The fourth-order valence-electron chi connectivity index (χ4n) is 3.83. The molecule has 1 amide bonds. The molecule has 0 bridgehead atoms. The molecule has 0 spiro atoms. The number of aromatic nitrogens is 2. The molecule has 0 saturated carbocycles. The minimum Gasteiger partial charge on any atom is -0.411 e. The Morgan fingerprint density at radius 2 is 1.80 bits per heavy atom. The van der Waals surface area contributed by atoms with Crippen molar-refractivity contribution in [1.29, 1.82) is 0 Å². The average molecular weight is 422 g/mol. The van der Waals surface area contributed by atoms with Crippen LogP contribution in [0.5, 0.6) is 0 Å². The molecule has 2 heterocycles.